The summed E-state index contributed by atoms with van der Waals surface area (Å²) < 4.78 is 5.06. The van der Waals surface area contributed by atoms with E-state index in [0.717, 1.165) is 32.4 Å². The summed E-state index contributed by atoms with van der Waals surface area (Å²) in [6, 6.07) is 11.4. The molecule has 0 spiro atoms. The molecule has 1 aromatic carbocycles. The van der Waals surface area contributed by atoms with Gasteiger partial charge in [0.15, 0.2) is 0 Å². The Balaban J connectivity index is 1.69. The van der Waals surface area contributed by atoms with E-state index in [2.05, 4.69) is 27.3 Å². The molecule has 40 heavy (non-hydrogen) atoms. The number of aromatic nitrogens is 1. The van der Waals surface area contributed by atoms with E-state index in [0.29, 0.717) is 35.1 Å². The summed E-state index contributed by atoms with van der Waals surface area (Å²) in [4.78, 5) is 45.8. The second-order valence-corrected chi connectivity index (χ2v) is 10.8. The van der Waals surface area contributed by atoms with Gasteiger partial charge in [-0.15, -0.1) is 0 Å². The van der Waals surface area contributed by atoms with Crippen LogP contribution in [0.25, 0.3) is 0 Å². The molecule has 1 fully saturated rings. The number of pyridine rings is 1. The molecule has 3 N–H and O–H groups in total. The number of hydrogen-bond acceptors (Lipinski definition) is 7. The van der Waals surface area contributed by atoms with E-state index >= 15 is 0 Å². The Hall–Kier alpha value is -2.72. The third-order valence-electron chi connectivity index (χ3n) is 7.18. The number of nitrogens with two attached hydrogens (primary N) is 1. The molecule has 11 heteroatoms. The fourth-order valence-corrected chi connectivity index (χ4v) is 5.27. The molecule has 1 aliphatic rings. The molecule has 3 atom stereocenters. The number of esters is 1. The molecule has 0 aliphatic carbocycles. The van der Waals surface area contributed by atoms with Crippen LogP contribution in [0.4, 0.5) is 0 Å². The van der Waals surface area contributed by atoms with Gasteiger partial charge < -0.3 is 20.7 Å². The van der Waals surface area contributed by atoms with Crippen molar-refractivity contribution in [3.05, 3.63) is 63.9 Å². The topological polar surface area (TPSA) is 118 Å². The van der Waals surface area contributed by atoms with Gasteiger partial charge in [-0.25, -0.2) is 0 Å². The van der Waals surface area contributed by atoms with E-state index in [1.54, 1.807) is 13.0 Å². The van der Waals surface area contributed by atoms with Crippen molar-refractivity contribution in [2.45, 2.75) is 70.1 Å². The van der Waals surface area contributed by atoms with Crippen molar-refractivity contribution in [2.24, 2.45) is 5.73 Å². The van der Waals surface area contributed by atoms with Crippen LogP contribution in [0.15, 0.2) is 42.6 Å². The first kappa shape index (κ1) is 31.8. The van der Waals surface area contributed by atoms with Crippen molar-refractivity contribution in [3.8, 4) is 0 Å². The zero-order valence-corrected chi connectivity index (χ0v) is 24.4. The Morgan fingerprint density at radius 1 is 1.23 bits per heavy atom. The summed E-state index contributed by atoms with van der Waals surface area (Å²) in [5.74, 6) is -0.794. The fraction of sp³-hybridized carbons (Fsp3) is 0.517. The molecule has 0 radical (unpaired) electrons. The minimum atomic E-state index is -0.847. The molecule has 0 bridgehead atoms. The lowest BCUT2D eigenvalue weighted by Crippen LogP contribution is -2.48. The number of aryl methyl sites for hydroxylation is 1. The summed E-state index contributed by atoms with van der Waals surface area (Å²) in [5.41, 5.74) is 7.99. The third kappa shape index (κ3) is 10.0. The van der Waals surface area contributed by atoms with Crippen molar-refractivity contribution in [3.63, 3.8) is 0 Å². The largest absolute Gasteiger partial charge is 0.466 e. The third-order valence-corrected chi connectivity index (χ3v) is 7.89. The normalized spacial score (nSPS) is 16.8. The van der Waals surface area contributed by atoms with Crippen LogP contribution in [-0.4, -0.2) is 77.4 Å². The molecule has 3 rings (SSSR count). The van der Waals surface area contributed by atoms with E-state index in [1.165, 1.54) is 16.7 Å². The average molecular weight is 593 g/mol. The molecular formula is C29H39Cl2N5O4. The molecule has 1 aliphatic heterocycles. The minimum Gasteiger partial charge on any atom is -0.466 e. The van der Waals surface area contributed by atoms with Gasteiger partial charge in [0.2, 0.25) is 12.3 Å². The van der Waals surface area contributed by atoms with Crippen LogP contribution in [0.1, 0.15) is 50.3 Å². The quantitative estimate of drug-likeness (QED) is 0.226. The highest BCUT2D eigenvalue weighted by atomic mass is 35.5. The number of likely N-dealkylation sites (tertiary alicyclic amines) is 1. The highest BCUT2D eigenvalue weighted by molar-refractivity contribution is 6.41. The van der Waals surface area contributed by atoms with Gasteiger partial charge >= 0.3 is 5.97 Å². The second-order valence-electron chi connectivity index (χ2n) is 10.0. The number of rotatable bonds is 16. The molecule has 1 aromatic heterocycles. The fourth-order valence-electron chi connectivity index (χ4n) is 5.00. The van der Waals surface area contributed by atoms with Crippen LogP contribution in [0, 0.1) is 0 Å². The Morgan fingerprint density at radius 3 is 2.65 bits per heavy atom. The molecule has 0 saturated carbocycles. The Labute approximate surface area is 246 Å². The van der Waals surface area contributed by atoms with Crippen LogP contribution in [-0.2, 0) is 32.1 Å². The monoisotopic (exact) mass is 591 g/mol. The van der Waals surface area contributed by atoms with Crippen LogP contribution in [0.3, 0.4) is 0 Å². The number of ether oxygens (including phenoxy) is 1. The Bertz CT molecular complexity index is 1110. The summed E-state index contributed by atoms with van der Waals surface area (Å²) in [6.07, 6.45) is 5.69. The van der Waals surface area contributed by atoms with Gasteiger partial charge in [-0.2, -0.15) is 0 Å². The van der Waals surface area contributed by atoms with Gasteiger partial charge in [-0.1, -0.05) is 53.5 Å². The lowest BCUT2D eigenvalue weighted by Gasteiger charge is -2.32. The SMILES string of the molecule is CCOC(=O)CC[C@H](C(=O)NCc1cc(Cl)c(Cl)cn1)N(C=O)CCC(CCc1ccccc1)N1CCC(N)C1. The number of amides is 2. The van der Waals surface area contributed by atoms with E-state index < -0.39 is 12.0 Å². The lowest BCUT2D eigenvalue weighted by molar-refractivity contribution is -0.144. The van der Waals surface area contributed by atoms with Crippen LogP contribution < -0.4 is 11.1 Å². The molecule has 9 nitrogen and oxygen atoms in total. The van der Waals surface area contributed by atoms with E-state index in [-0.39, 0.29) is 44.0 Å². The summed E-state index contributed by atoms with van der Waals surface area (Å²) >= 11 is 12.0. The smallest absolute Gasteiger partial charge is 0.305 e. The van der Waals surface area contributed by atoms with Gasteiger partial charge in [-0.05, 0) is 50.7 Å². The Kier molecular flexibility index (Phi) is 13.1. The van der Waals surface area contributed by atoms with E-state index in [9.17, 15) is 14.4 Å². The predicted molar refractivity (Wildman–Crippen MR) is 156 cm³/mol. The van der Waals surface area contributed by atoms with Crippen LogP contribution in [0.5, 0.6) is 0 Å². The molecule has 2 heterocycles. The number of hydrogen-bond donors (Lipinski definition) is 2. The summed E-state index contributed by atoms with van der Waals surface area (Å²) in [5, 5.41) is 3.48. The molecule has 1 saturated heterocycles. The zero-order chi connectivity index (χ0) is 28.9. The maximum absolute atomic E-state index is 13.3. The predicted octanol–water partition coefficient (Wildman–Crippen LogP) is 3.60. The molecule has 2 unspecified atom stereocenters. The summed E-state index contributed by atoms with van der Waals surface area (Å²) in [7, 11) is 0. The molecule has 218 valence electrons. The van der Waals surface area contributed by atoms with Gasteiger partial charge in [0.25, 0.3) is 0 Å². The molecule has 2 amide bonds. The van der Waals surface area contributed by atoms with Crippen molar-refractivity contribution < 1.29 is 19.1 Å². The van der Waals surface area contributed by atoms with Crippen molar-refractivity contribution in [1.82, 2.24) is 20.1 Å². The first-order valence-corrected chi connectivity index (χ1v) is 14.5. The first-order chi connectivity index (χ1) is 19.3. The van der Waals surface area contributed by atoms with Crippen molar-refractivity contribution in [2.75, 3.05) is 26.2 Å². The van der Waals surface area contributed by atoms with Crippen LogP contribution in [0.2, 0.25) is 10.0 Å². The van der Waals surface area contributed by atoms with Crippen LogP contribution >= 0.6 is 23.2 Å². The van der Waals surface area contributed by atoms with Gasteiger partial charge in [0.05, 0.1) is 28.9 Å². The number of carbonyl (C=O) groups excluding carboxylic acids is 3. The van der Waals surface area contributed by atoms with E-state index in [4.69, 9.17) is 33.7 Å². The number of benzene rings is 1. The average Bonchev–Trinajstić information content (AvgIpc) is 3.39. The lowest BCUT2D eigenvalue weighted by atomic mass is 10.0. The number of nitrogens with one attached hydrogen (secondary N) is 1. The van der Waals surface area contributed by atoms with Gasteiger partial charge in [-0.3, -0.25) is 24.3 Å². The van der Waals surface area contributed by atoms with Crippen molar-refractivity contribution >= 4 is 41.5 Å². The Morgan fingerprint density at radius 2 is 2.00 bits per heavy atom. The highest BCUT2D eigenvalue weighted by Gasteiger charge is 2.30. The molecular weight excluding hydrogens is 553 g/mol. The second kappa shape index (κ2) is 16.5. The maximum atomic E-state index is 13.3. The standard InChI is InChI=1S/C29H39Cl2N5O4/c1-2-40-28(38)11-10-27(29(39)34-17-23-16-25(30)26(31)18-33-23)36(20-37)15-13-24(35-14-12-22(32)19-35)9-8-21-6-4-3-5-7-21/h3-7,16,18,20,22,24,27H,2,8-15,17,19,32H2,1H3,(H,34,39)/t22?,24?,27-/m1/s1. The molecule has 2 aromatic rings. The first-order valence-electron chi connectivity index (χ1n) is 13.8. The van der Waals surface area contributed by atoms with Gasteiger partial charge in [0.1, 0.15) is 6.04 Å². The number of nitrogens with zero attached hydrogens (tertiary/aromatic N) is 3. The number of carbonyl (C=O) groups is 3. The summed E-state index contributed by atoms with van der Waals surface area (Å²) in [6.45, 7) is 4.15. The van der Waals surface area contributed by atoms with E-state index in [1.807, 2.05) is 18.2 Å². The maximum Gasteiger partial charge on any atom is 0.305 e. The van der Waals surface area contributed by atoms with Crippen molar-refractivity contribution in [1.29, 1.82) is 0 Å². The highest BCUT2D eigenvalue weighted by Crippen LogP contribution is 2.22. The zero-order valence-electron chi connectivity index (χ0n) is 22.9. The minimum absolute atomic E-state index is 0.0136. The van der Waals surface area contributed by atoms with Gasteiger partial charge in [0, 0.05) is 44.3 Å². The number of halogens is 2.